The molecule has 2 aromatic carbocycles. The molecule has 3 rings (SSSR count). The van der Waals surface area contributed by atoms with Crippen LogP contribution in [0, 0.1) is 0 Å². The monoisotopic (exact) mass is 398 g/mol. The summed E-state index contributed by atoms with van der Waals surface area (Å²) in [6, 6.07) is 15.6. The average molecular weight is 399 g/mol. The molecule has 1 unspecified atom stereocenters. The van der Waals surface area contributed by atoms with Gasteiger partial charge in [-0.1, -0.05) is 12.1 Å². The maximum atomic E-state index is 12.4. The van der Waals surface area contributed by atoms with Gasteiger partial charge in [0.1, 0.15) is 5.75 Å². The third-order valence-corrected chi connectivity index (χ3v) is 5.08. The number of methoxy groups -OCH3 is 1. The topological polar surface area (TPSA) is 66.1 Å². The molecule has 7 heteroatoms. The van der Waals surface area contributed by atoms with Crippen LogP contribution >= 0.6 is 0 Å². The minimum atomic E-state index is -0.224. The maximum Gasteiger partial charge on any atom is 0.319 e. The van der Waals surface area contributed by atoms with E-state index in [1.165, 1.54) is 5.56 Å². The number of carbonyl (C=O) groups is 1. The van der Waals surface area contributed by atoms with Gasteiger partial charge in [-0.15, -0.1) is 0 Å². The summed E-state index contributed by atoms with van der Waals surface area (Å²) in [5.41, 5.74) is 3.06. The minimum absolute atomic E-state index is 0.0942. The molecule has 2 aromatic rings. The van der Waals surface area contributed by atoms with Crippen LogP contribution in [0.1, 0.15) is 11.6 Å². The normalized spacial score (nSPS) is 15.4. The lowest BCUT2D eigenvalue weighted by molar-refractivity contribution is 0.0168. The molecule has 1 atom stereocenters. The third-order valence-electron chi connectivity index (χ3n) is 5.08. The van der Waals surface area contributed by atoms with Crippen molar-refractivity contribution >= 4 is 17.4 Å². The molecule has 0 aromatic heterocycles. The zero-order chi connectivity index (χ0) is 20.6. The fourth-order valence-corrected chi connectivity index (χ4v) is 3.38. The number of nitrogens with zero attached hydrogens (tertiary/aromatic N) is 2. The maximum absolute atomic E-state index is 12.4. The number of hydrogen-bond acceptors (Lipinski definition) is 5. The molecular weight excluding hydrogens is 368 g/mol. The lowest BCUT2D eigenvalue weighted by Crippen LogP contribution is -2.44. The Hall–Kier alpha value is -2.77. The van der Waals surface area contributed by atoms with Crippen LogP contribution in [0.2, 0.25) is 0 Å². The minimum Gasteiger partial charge on any atom is -0.497 e. The molecule has 0 saturated carbocycles. The van der Waals surface area contributed by atoms with Gasteiger partial charge in [0.05, 0.1) is 26.4 Å². The van der Waals surface area contributed by atoms with Gasteiger partial charge in [-0.2, -0.15) is 0 Å². The largest absolute Gasteiger partial charge is 0.497 e. The molecule has 156 valence electrons. The Labute approximate surface area is 172 Å². The number of morpholine rings is 1. The van der Waals surface area contributed by atoms with Crippen molar-refractivity contribution in [3.05, 3.63) is 54.1 Å². The standard InChI is InChI=1S/C22H30N4O3/c1-25(2)19-8-4-17(5-9-19)21(26-12-14-29-15-13-26)16-23-22(27)24-18-6-10-20(28-3)11-7-18/h4-11,21H,12-16H2,1-3H3,(H2,23,24,27). The first-order chi connectivity index (χ1) is 14.1. The summed E-state index contributed by atoms with van der Waals surface area (Å²) in [7, 11) is 5.67. The number of urea groups is 1. The van der Waals surface area contributed by atoms with Crippen LogP contribution < -0.4 is 20.3 Å². The number of hydrogen-bond donors (Lipinski definition) is 2. The number of rotatable bonds is 7. The van der Waals surface area contributed by atoms with Crippen LogP contribution in [0.15, 0.2) is 48.5 Å². The quantitative estimate of drug-likeness (QED) is 0.751. The van der Waals surface area contributed by atoms with Gasteiger partial charge < -0.3 is 25.0 Å². The van der Waals surface area contributed by atoms with E-state index in [0.29, 0.717) is 19.8 Å². The molecule has 7 nitrogen and oxygen atoms in total. The molecular formula is C22H30N4O3. The summed E-state index contributed by atoms with van der Waals surface area (Å²) >= 11 is 0. The first kappa shape index (κ1) is 21.0. The van der Waals surface area contributed by atoms with E-state index in [4.69, 9.17) is 9.47 Å². The molecule has 0 bridgehead atoms. The van der Waals surface area contributed by atoms with Crippen molar-refractivity contribution < 1.29 is 14.3 Å². The average Bonchev–Trinajstić information content (AvgIpc) is 2.75. The van der Waals surface area contributed by atoms with Crippen LogP contribution in [0.5, 0.6) is 5.75 Å². The number of benzene rings is 2. The molecule has 0 aliphatic carbocycles. The molecule has 2 N–H and O–H groups in total. The Kier molecular flexibility index (Phi) is 7.32. The number of ether oxygens (including phenoxy) is 2. The molecule has 1 heterocycles. The second-order valence-corrected chi connectivity index (χ2v) is 7.21. The molecule has 1 fully saturated rings. The highest BCUT2D eigenvalue weighted by atomic mass is 16.5. The van der Waals surface area contributed by atoms with Crippen LogP contribution in [-0.4, -0.2) is 65.0 Å². The Balaban J connectivity index is 1.65. The van der Waals surface area contributed by atoms with Gasteiger partial charge >= 0.3 is 6.03 Å². The molecule has 29 heavy (non-hydrogen) atoms. The van der Waals surface area contributed by atoms with E-state index in [-0.39, 0.29) is 12.1 Å². The fourth-order valence-electron chi connectivity index (χ4n) is 3.38. The third kappa shape index (κ3) is 5.85. The van der Waals surface area contributed by atoms with Crippen molar-refractivity contribution in [2.75, 3.05) is 64.3 Å². The van der Waals surface area contributed by atoms with E-state index in [0.717, 1.165) is 30.2 Å². The Morgan fingerprint density at radius 3 is 2.34 bits per heavy atom. The van der Waals surface area contributed by atoms with Gasteiger partial charge in [0.15, 0.2) is 0 Å². The van der Waals surface area contributed by atoms with Crippen LogP contribution in [-0.2, 0) is 4.74 Å². The summed E-state index contributed by atoms with van der Waals surface area (Å²) in [6.07, 6.45) is 0. The lowest BCUT2D eigenvalue weighted by Gasteiger charge is -2.35. The highest BCUT2D eigenvalue weighted by Crippen LogP contribution is 2.24. The molecule has 0 spiro atoms. The fraction of sp³-hybridized carbons (Fsp3) is 0.409. The molecule has 2 amide bonds. The zero-order valence-corrected chi connectivity index (χ0v) is 17.4. The van der Waals surface area contributed by atoms with E-state index >= 15 is 0 Å². The van der Waals surface area contributed by atoms with Crippen molar-refractivity contribution in [3.63, 3.8) is 0 Å². The summed E-state index contributed by atoms with van der Waals surface area (Å²) in [4.78, 5) is 16.9. The summed E-state index contributed by atoms with van der Waals surface area (Å²) in [5.74, 6) is 0.754. The van der Waals surface area contributed by atoms with Crippen molar-refractivity contribution in [2.24, 2.45) is 0 Å². The van der Waals surface area contributed by atoms with E-state index in [9.17, 15) is 4.79 Å². The number of nitrogens with one attached hydrogen (secondary N) is 2. The van der Waals surface area contributed by atoms with E-state index < -0.39 is 0 Å². The highest BCUT2D eigenvalue weighted by molar-refractivity contribution is 5.89. The smallest absolute Gasteiger partial charge is 0.319 e. The number of amides is 2. The number of carbonyl (C=O) groups excluding carboxylic acids is 1. The van der Waals surface area contributed by atoms with Crippen LogP contribution in [0.25, 0.3) is 0 Å². The van der Waals surface area contributed by atoms with E-state index in [1.807, 2.05) is 38.4 Å². The van der Waals surface area contributed by atoms with Crippen molar-refractivity contribution in [1.82, 2.24) is 10.2 Å². The second kappa shape index (κ2) is 10.1. The van der Waals surface area contributed by atoms with Gasteiger partial charge in [-0.25, -0.2) is 4.79 Å². The summed E-state index contributed by atoms with van der Waals surface area (Å²) in [6.45, 7) is 3.64. The number of anilines is 2. The Morgan fingerprint density at radius 1 is 1.10 bits per heavy atom. The van der Waals surface area contributed by atoms with Crippen molar-refractivity contribution in [2.45, 2.75) is 6.04 Å². The van der Waals surface area contributed by atoms with Gasteiger partial charge in [-0.3, -0.25) is 4.90 Å². The first-order valence-electron chi connectivity index (χ1n) is 9.85. The van der Waals surface area contributed by atoms with Gasteiger partial charge in [0, 0.05) is 45.1 Å². The molecule has 1 saturated heterocycles. The van der Waals surface area contributed by atoms with Crippen LogP contribution in [0.4, 0.5) is 16.2 Å². The first-order valence-corrected chi connectivity index (χ1v) is 9.85. The van der Waals surface area contributed by atoms with E-state index in [2.05, 4.69) is 44.7 Å². The second-order valence-electron chi connectivity index (χ2n) is 7.21. The molecule has 1 aliphatic heterocycles. The van der Waals surface area contributed by atoms with Gasteiger partial charge in [0.25, 0.3) is 0 Å². The van der Waals surface area contributed by atoms with Crippen molar-refractivity contribution in [1.29, 1.82) is 0 Å². The Bertz CT molecular complexity index is 772. The predicted octanol–water partition coefficient (Wildman–Crippen LogP) is 2.96. The summed E-state index contributed by atoms with van der Waals surface area (Å²) in [5, 5.41) is 5.89. The molecule has 1 aliphatic rings. The Morgan fingerprint density at radius 2 is 1.76 bits per heavy atom. The summed E-state index contributed by atoms with van der Waals surface area (Å²) < 4.78 is 10.6. The van der Waals surface area contributed by atoms with Crippen molar-refractivity contribution in [3.8, 4) is 5.75 Å². The zero-order valence-electron chi connectivity index (χ0n) is 17.4. The highest BCUT2D eigenvalue weighted by Gasteiger charge is 2.23. The lowest BCUT2D eigenvalue weighted by atomic mass is 10.0. The van der Waals surface area contributed by atoms with Crippen LogP contribution in [0.3, 0.4) is 0 Å². The predicted molar refractivity (Wildman–Crippen MR) is 116 cm³/mol. The molecule has 0 radical (unpaired) electrons. The van der Waals surface area contributed by atoms with Gasteiger partial charge in [-0.05, 0) is 42.0 Å². The van der Waals surface area contributed by atoms with E-state index in [1.54, 1.807) is 7.11 Å². The SMILES string of the molecule is COc1ccc(NC(=O)NCC(c2ccc(N(C)C)cc2)N2CCOCC2)cc1. The van der Waals surface area contributed by atoms with Gasteiger partial charge in [0.2, 0.25) is 0 Å².